The Balaban J connectivity index is 2.01. The highest BCUT2D eigenvalue weighted by Crippen LogP contribution is 2.18. The van der Waals surface area contributed by atoms with Crippen LogP contribution in [0, 0.1) is 10.1 Å². The Labute approximate surface area is 150 Å². The fourth-order valence-corrected chi connectivity index (χ4v) is 2.23. The van der Waals surface area contributed by atoms with Gasteiger partial charge in [0, 0.05) is 29.4 Å². The van der Waals surface area contributed by atoms with Gasteiger partial charge >= 0.3 is 0 Å². The summed E-state index contributed by atoms with van der Waals surface area (Å²) in [5.41, 5.74) is 0.641. The quantitative estimate of drug-likeness (QED) is 0.482. The zero-order valence-electron chi connectivity index (χ0n) is 13.7. The van der Waals surface area contributed by atoms with Gasteiger partial charge in [0.1, 0.15) is 5.75 Å². The molecule has 0 aromatic heterocycles. The Morgan fingerprint density at radius 2 is 1.92 bits per heavy atom. The standard InChI is InChI=1S/C17H17N3O4S/c1-11(2)24-15-8-4-6-13(10-15)18-17(25)19-16(21)12-5-3-7-14(9-12)20(22)23/h3-11H,1-2H3,(H2,18,19,21,25). The number of nitro groups is 1. The van der Waals surface area contributed by atoms with Crippen molar-refractivity contribution in [2.75, 3.05) is 5.32 Å². The minimum Gasteiger partial charge on any atom is -0.491 e. The molecule has 0 spiro atoms. The molecule has 0 radical (unpaired) electrons. The molecule has 25 heavy (non-hydrogen) atoms. The summed E-state index contributed by atoms with van der Waals surface area (Å²) in [6.45, 7) is 3.84. The van der Waals surface area contributed by atoms with Gasteiger partial charge in [-0.15, -0.1) is 0 Å². The summed E-state index contributed by atoms with van der Waals surface area (Å²) in [7, 11) is 0. The monoisotopic (exact) mass is 359 g/mol. The number of carbonyl (C=O) groups is 1. The first-order valence-corrected chi connectivity index (χ1v) is 7.89. The lowest BCUT2D eigenvalue weighted by atomic mass is 10.2. The van der Waals surface area contributed by atoms with Crippen LogP contribution in [0.2, 0.25) is 0 Å². The van der Waals surface area contributed by atoms with Gasteiger partial charge in [0.05, 0.1) is 11.0 Å². The first-order chi connectivity index (χ1) is 11.8. The summed E-state index contributed by atoms with van der Waals surface area (Å²) in [5.74, 6) is 0.142. The summed E-state index contributed by atoms with van der Waals surface area (Å²) in [4.78, 5) is 22.4. The summed E-state index contributed by atoms with van der Waals surface area (Å²) in [6.07, 6.45) is 0.0378. The van der Waals surface area contributed by atoms with Crippen molar-refractivity contribution < 1.29 is 14.5 Å². The SMILES string of the molecule is CC(C)Oc1cccc(NC(=S)NC(=O)c2cccc([N+](=O)[O-])c2)c1. The number of amides is 1. The molecule has 0 saturated heterocycles. The second kappa shape index (κ2) is 8.20. The van der Waals surface area contributed by atoms with Gasteiger partial charge in [0.15, 0.2) is 5.11 Å². The van der Waals surface area contributed by atoms with Crippen molar-refractivity contribution in [1.82, 2.24) is 5.32 Å². The number of hydrogen-bond acceptors (Lipinski definition) is 5. The molecular weight excluding hydrogens is 342 g/mol. The minimum atomic E-state index is -0.562. The topological polar surface area (TPSA) is 93.5 Å². The van der Waals surface area contributed by atoms with E-state index in [0.29, 0.717) is 11.4 Å². The molecule has 0 aliphatic heterocycles. The van der Waals surface area contributed by atoms with E-state index >= 15 is 0 Å². The highest BCUT2D eigenvalue weighted by molar-refractivity contribution is 7.80. The Morgan fingerprint density at radius 3 is 2.60 bits per heavy atom. The fraction of sp³-hybridized carbons (Fsp3) is 0.176. The van der Waals surface area contributed by atoms with E-state index in [1.54, 1.807) is 18.2 Å². The molecule has 0 aliphatic rings. The number of nitrogens with zero attached hydrogens (tertiary/aromatic N) is 1. The largest absolute Gasteiger partial charge is 0.491 e. The summed E-state index contributed by atoms with van der Waals surface area (Å²) in [6, 6.07) is 12.6. The second-order valence-corrected chi connectivity index (χ2v) is 5.82. The predicted octanol–water partition coefficient (Wildman–Crippen LogP) is 3.51. The number of thiocarbonyl (C=S) groups is 1. The van der Waals surface area contributed by atoms with Crippen LogP contribution in [0.5, 0.6) is 5.75 Å². The average molecular weight is 359 g/mol. The number of hydrogen-bond donors (Lipinski definition) is 2. The molecule has 0 saturated carbocycles. The first-order valence-electron chi connectivity index (χ1n) is 7.48. The van der Waals surface area contributed by atoms with Crippen LogP contribution in [0.25, 0.3) is 0 Å². The van der Waals surface area contributed by atoms with Crippen molar-refractivity contribution in [2.45, 2.75) is 20.0 Å². The number of anilines is 1. The van der Waals surface area contributed by atoms with Gasteiger partial charge in [-0.3, -0.25) is 20.2 Å². The number of benzene rings is 2. The van der Waals surface area contributed by atoms with Crippen molar-refractivity contribution in [3.8, 4) is 5.75 Å². The third-order valence-electron chi connectivity index (χ3n) is 3.01. The van der Waals surface area contributed by atoms with Crippen LogP contribution in [0.15, 0.2) is 48.5 Å². The van der Waals surface area contributed by atoms with Crippen molar-refractivity contribution >= 4 is 34.6 Å². The predicted molar refractivity (Wildman–Crippen MR) is 99.0 cm³/mol. The molecule has 8 heteroatoms. The number of ether oxygens (including phenoxy) is 1. The van der Waals surface area contributed by atoms with E-state index < -0.39 is 10.8 Å². The van der Waals surface area contributed by atoms with Gasteiger partial charge in [-0.25, -0.2) is 0 Å². The smallest absolute Gasteiger partial charge is 0.270 e. The Morgan fingerprint density at radius 1 is 1.20 bits per heavy atom. The molecule has 0 heterocycles. The summed E-state index contributed by atoms with van der Waals surface area (Å²) in [5, 5.41) is 16.2. The molecule has 2 aromatic carbocycles. The van der Waals surface area contributed by atoms with E-state index in [1.807, 2.05) is 19.9 Å². The lowest BCUT2D eigenvalue weighted by Gasteiger charge is -2.13. The summed E-state index contributed by atoms with van der Waals surface area (Å²) < 4.78 is 5.59. The number of non-ortho nitro benzene ring substituents is 1. The Kier molecular flexibility index (Phi) is 6.02. The third kappa shape index (κ3) is 5.54. The molecule has 0 aliphatic carbocycles. The van der Waals surface area contributed by atoms with Gasteiger partial charge in [0.25, 0.3) is 11.6 Å². The van der Waals surface area contributed by atoms with Crippen LogP contribution >= 0.6 is 12.2 Å². The second-order valence-electron chi connectivity index (χ2n) is 5.41. The molecule has 2 N–H and O–H groups in total. The van der Waals surface area contributed by atoms with E-state index in [1.165, 1.54) is 24.3 Å². The van der Waals surface area contributed by atoms with Crippen molar-refractivity contribution in [1.29, 1.82) is 0 Å². The lowest BCUT2D eigenvalue weighted by molar-refractivity contribution is -0.384. The highest BCUT2D eigenvalue weighted by atomic mass is 32.1. The van der Waals surface area contributed by atoms with Gasteiger partial charge in [-0.1, -0.05) is 12.1 Å². The molecular formula is C17H17N3O4S. The Hall–Kier alpha value is -3.00. The van der Waals surface area contributed by atoms with Crippen LogP contribution < -0.4 is 15.4 Å². The van der Waals surface area contributed by atoms with E-state index in [-0.39, 0.29) is 22.5 Å². The third-order valence-corrected chi connectivity index (χ3v) is 3.21. The molecule has 2 rings (SSSR count). The maximum absolute atomic E-state index is 12.1. The maximum Gasteiger partial charge on any atom is 0.270 e. The molecule has 1 amide bonds. The molecule has 7 nitrogen and oxygen atoms in total. The molecule has 0 bridgehead atoms. The number of nitrogens with one attached hydrogen (secondary N) is 2. The van der Waals surface area contributed by atoms with Gasteiger partial charge < -0.3 is 10.1 Å². The van der Waals surface area contributed by atoms with Crippen LogP contribution in [0.3, 0.4) is 0 Å². The Bertz CT molecular complexity index is 808. The number of rotatable bonds is 5. The fourth-order valence-electron chi connectivity index (χ4n) is 2.02. The minimum absolute atomic E-state index is 0.0378. The van der Waals surface area contributed by atoms with E-state index in [4.69, 9.17) is 17.0 Å². The van der Waals surface area contributed by atoms with Crippen LogP contribution in [-0.2, 0) is 0 Å². The zero-order valence-corrected chi connectivity index (χ0v) is 14.5. The van der Waals surface area contributed by atoms with Crippen LogP contribution in [0.4, 0.5) is 11.4 Å². The van der Waals surface area contributed by atoms with Crippen molar-refractivity contribution in [2.24, 2.45) is 0 Å². The van der Waals surface area contributed by atoms with E-state index in [2.05, 4.69) is 10.6 Å². The van der Waals surface area contributed by atoms with Crippen molar-refractivity contribution in [3.05, 3.63) is 64.2 Å². The number of carbonyl (C=O) groups excluding carboxylic acids is 1. The average Bonchev–Trinajstić information content (AvgIpc) is 2.54. The first kappa shape index (κ1) is 18.3. The molecule has 0 fully saturated rings. The molecule has 0 atom stereocenters. The van der Waals surface area contributed by atoms with E-state index in [9.17, 15) is 14.9 Å². The van der Waals surface area contributed by atoms with Gasteiger partial charge in [0.2, 0.25) is 0 Å². The van der Waals surface area contributed by atoms with Gasteiger partial charge in [-0.05, 0) is 44.3 Å². The lowest BCUT2D eigenvalue weighted by Crippen LogP contribution is -2.34. The van der Waals surface area contributed by atoms with Gasteiger partial charge in [-0.2, -0.15) is 0 Å². The van der Waals surface area contributed by atoms with Crippen LogP contribution in [-0.4, -0.2) is 22.0 Å². The molecule has 130 valence electrons. The maximum atomic E-state index is 12.1. The van der Waals surface area contributed by atoms with E-state index in [0.717, 1.165) is 0 Å². The van der Waals surface area contributed by atoms with Crippen LogP contribution in [0.1, 0.15) is 24.2 Å². The summed E-state index contributed by atoms with van der Waals surface area (Å²) >= 11 is 5.11. The molecule has 0 unspecified atom stereocenters. The van der Waals surface area contributed by atoms with Crippen molar-refractivity contribution in [3.63, 3.8) is 0 Å². The highest BCUT2D eigenvalue weighted by Gasteiger charge is 2.12. The zero-order chi connectivity index (χ0) is 18.4. The molecule has 2 aromatic rings. The normalized spacial score (nSPS) is 10.2. The number of nitro benzene ring substituents is 1.